The number of hydrogen-bond donors (Lipinski definition) is 1. The Kier molecular flexibility index (Phi) is 4.61. The number of methoxy groups -OCH3 is 1. The highest BCUT2D eigenvalue weighted by atomic mass is 16.7. The third-order valence-electron chi connectivity index (χ3n) is 4.35. The summed E-state index contributed by atoms with van der Waals surface area (Å²) in [6.45, 7) is 0.181. The van der Waals surface area contributed by atoms with Gasteiger partial charge in [0.25, 0.3) is 0 Å². The molecule has 1 aliphatic rings. The Morgan fingerprint density at radius 1 is 1.15 bits per heavy atom. The smallest absolute Gasteiger partial charge is 0.244 e. The van der Waals surface area contributed by atoms with Crippen LogP contribution in [0.25, 0.3) is 10.8 Å². The standard InChI is InChI=1S/C21H18N2O4/c1-25-18-11-20-19(26-13-27-20)9-16(18)12-22-23-21(24)10-15-7-4-6-14-5-2-3-8-17(14)15/h2-9,11-12H,10,13H2,1H3,(H,23,24)/b22-12+. The van der Waals surface area contributed by atoms with Crippen LogP contribution in [0, 0.1) is 0 Å². The number of benzene rings is 3. The van der Waals surface area contributed by atoms with Crippen LogP contribution >= 0.6 is 0 Å². The van der Waals surface area contributed by atoms with Gasteiger partial charge in [0.05, 0.1) is 19.7 Å². The number of hydrazone groups is 1. The molecule has 3 aromatic carbocycles. The van der Waals surface area contributed by atoms with Crippen molar-refractivity contribution in [3.63, 3.8) is 0 Å². The molecule has 0 aromatic heterocycles. The quantitative estimate of drug-likeness (QED) is 0.559. The lowest BCUT2D eigenvalue weighted by molar-refractivity contribution is -0.120. The molecule has 0 aliphatic carbocycles. The van der Waals surface area contributed by atoms with Crippen LogP contribution < -0.4 is 19.6 Å². The molecule has 4 rings (SSSR count). The first-order valence-corrected chi connectivity index (χ1v) is 8.51. The highest BCUT2D eigenvalue weighted by Crippen LogP contribution is 2.37. The average molecular weight is 362 g/mol. The Morgan fingerprint density at radius 3 is 2.78 bits per heavy atom. The summed E-state index contributed by atoms with van der Waals surface area (Å²) in [6.07, 6.45) is 1.78. The minimum Gasteiger partial charge on any atom is -0.496 e. The summed E-state index contributed by atoms with van der Waals surface area (Å²) in [5.41, 5.74) is 4.21. The zero-order valence-electron chi connectivity index (χ0n) is 14.8. The molecule has 27 heavy (non-hydrogen) atoms. The van der Waals surface area contributed by atoms with Crippen molar-refractivity contribution in [1.82, 2.24) is 5.43 Å². The van der Waals surface area contributed by atoms with E-state index in [0.717, 1.165) is 16.3 Å². The molecule has 136 valence electrons. The fraction of sp³-hybridized carbons (Fsp3) is 0.143. The van der Waals surface area contributed by atoms with Gasteiger partial charge < -0.3 is 14.2 Å². The number of amides is 1. The first-order valence-electron chi connectivity index (χ1n) is 8.51. The van der Waals surface area contributed by atoms with E-state index in [9.17, 15) is 4.79 Å². The Morgan fingerprint density at radius 2 is 1.93 bits per heavy atom. The molecule has 1 amide bonds. The van der Waals surface area contributed by atoms with Crippen LogP contribution in [0.3, 0.4) is 0 Å². The largest absolute Gasteiger partial charge is 0.496 e. The van der Waals surface area contributed by atoms with Crippen molar-refractivity contribution >= 4 is 22.9 Å². The van der Waals surface area contributed by atoms with E-state index in [1.807, 2.05) is 42.5 Å². The summed E-state index contributed by atoms with van der Waals surface area (Å²) in [4.78, 5) is 12.3. The van der Waals surface area contributed by atoms with Gasteiger partial charge in [-0.15, -0.1) is 0 Å². The molecule has 6 nitrogen and oxygen atoms in total. The maximum Gasteiger partial charge on any atom is 0.244 e. The van der Waals surface area contributed by atoms with Crippen molar-refractivity contribution in [2.45, 2.75) is 6.42 Å². The van der Waals surface area contributed by atoms with Crippen LogP contribution in [-0.4, -0.2) is 26.0 Å². The Bertz CT molecular complexity index is 1020. The first kappa shape index (κ1) is 16.9. The molecule has 0 radical (unpaired) electrons. The van der Waals surface area contributed by atoms with Gasteiger partial charge in [-0.2, -0.15) is 5.10 Å². The summed E-state index contributed by atoms with van der Waals surface area (Å²) in [5, 5.41) is 6.22. The second kappa shape index (κ2) is 7.37. The molecule has 0 unspecified atom stereocenters. The number of ether oxygens (including phenoxy) is 3. The summed E-state index contributed by atoms with van der Waals surface area (Å²) in [6, 6.07) is 17.4. The number of rotatable bonds is 5. The van der Waals surface area contributed by atoms with E-state index in [1.54, 1.807) is 19.2 Å². The van der Waals surface area contributed by atoms with E-state index < -0.39 is 0 Å². The van der Waals surface area contributed by atoms with Gasteiger partial charge in [0.1, 0.15) is 5.75 Å². The van der Waals surface area contributed by atoms with Crippen molar-refractivity contribution in [3.05, 3.63) is 65.7 Å². The van der Waals surface area contributed by atoms with Crippen molar-refractivity contribution in [1.29, 1.82) is 0 Å². The lowest BCUT2D eigenvalue weighted by Gasteiger charge is -2.07. The molecule has 3 aromatic rings. The van der Waals surface area contributed by atoms with Crippen LogP contribution in [0.15, 0.2) is 59.7 Å². The molecule has 0 atom stereocenters. The molecule has 0 bridgehead atoms. The summed E-state index contributed by atoms with van der Waals surface area (Å²) in [5.74, 6) is 1.65. The minimum atomic E-state index is -0.192. The highest BCUT2D eigenvalue weighted by molar-refractivity contribution is 5.91. The summed E-state index contributed by atoms with van der Waals surface area (Å²) in [7, 11) is 1.56. The first-order chi connectivity index (χ1) is 13.2. The Labute approximate surface area is 156 Å². The summed E-state index contributed by atoms with van der Waals surface area (Å²) >= 11 is 0. The maximum absolute atomic E-state index is 12.3. The average Bonchev–Trinajstić information content (AvgIpc) is 3.15. The molecule has 1 aliphatic heterocycles. The fourth-order valence-electron chi connectivity index (χ4n) is 3.05. The second-order valence-electron chi connectivity index (χ2n) is 6.06. The van der Waals surface area contributed by atoms with Crippen molar-refractivity contribution in [2.75, 3.05) is 13.9 Å². The zero-order chi connectivity index (χ0) is 18.6. The van der Waals surface area contributed by atoms with Gasteiger partial charge in [-0.3, -0.25) is 4.79 Å². The third-order valence-corrected chi connectivity index (χ3v) is 4.35. The molecular weight excluding hydrogens is 344 g/mol. The minimum absolute atomic E-state index is 0.181. The van der Waals surface area contributed by atoms with Gasteiger partial charge in [-0.05, 0) is 22.4 Å². The van der Waals surface area contributed by atoms with Gasteiger partial charge in [0, 0.05) is 11.6 Å². The van der Waals surface area contributed by atoms with E-state index in [0.29, 0.717) is 22.8 Å². The van der Waals surface area contributed by atoms with E-state index in [2.05, 4.69) is 10.5 Å². The SMILES string of the molecule is COc1cc2c(cc1/C=N/NC(=O)Cc1cccc3ccccc13)OCO2. The summed E-state index contributed by atoms with van der Waals surface area (Å²) < 4.78 is 16.0. The molecule has 0 saturated carbocycles. The van der Waals surface area contributed by atoms with Crippen LogP contribution in [-0.2, 0) is 11.2 Å². The van der Waals surface area contributed by atoms with Crippen LogP contribution in [0.5, 0.6) is 17.2 Å². The van der Waals surface area contributed by atoms with E-state index in [-0.39, 0.29) is 19.1 Å². The lowest BCUT2D eigenvalue weighted by atomic mass is 10.0. The van der Waals surface area contributed by atoms with Gasteiger partial charge in [0.15, 0.2) is 11.5 Å². The molecule has 0 spiro atoms. The van der Waals surface area contributed by atoms with Crippen molar-refractivity contribution in [3.8, 4) is 17.2 Å². The maximum atomic E-state index is 12.3. The number of fused-ring (bicyclic) bond motifs is 2. The van der Waals surface area contributed by atoms with Crippen LogP contribution in [0.2, 0.25) is 0 Å². The number of nitrogens with zero attached hydrogens (tertiary/aromatic N) is 1. The van der Waals surface area contributed by atoms with Gasteiger partial charge in [-0.1, -0.05) is 42.5 Å². The predicted octanol–water partition coefficient (Wildman–Crippen LogP) is 3.27. The topological polar surface area (TPSA) is 69.2 Å². The van der Waals surface area contributed by atoms with Crippen LogP contribution in [0.1, 0.15) is 11.1 Å². The molecule has 0 fully saturated rings. The number of hydrogen-bond acceptors (Lipinski definition) is 5. The van der Waals surface area contributed by atoms with Crippen molar-refractivity contribution < 1.29 is 19.0 Å². The van der Waals surface area contributed by atoms with E-state index in [4.69, 9.17) is 14.2 Å². The number of carbonyl (C=O) groups excluding carboxylic acids is 1. The Hall–Kier alpha value is -3.54. The third kappa shape index (κ3) is 3.55. The van der Waals surface area contributed by atoms with Crippen molar-refractivity contribution in [2.24, 2.45) is 5.10 Å². The lowest BCUT2D eigenvalue weighted by Crippen LogP contribution is -2.20. The Balaban J connectivity index is 1.46. The molecule has 6 heteroatoms. The van der Waals surface area contributed by atoms with Gasteiger partial charge >= 0.3 is 0 Å². The van der Waals surface area contributed by atoms with E-state index in [1.165, 1.54) is 6.21 Å². The van der Waals surface area contributed by atoms with Crippen LogP contribution in [0.4, 0.5) is 0 Å². The molecule has 0 saturated heterocycles. The number of carbonyl (C=O) groups is 1. The van der Waals surface area contributed by atoms with Gasteiger partial charge in [0.2, 0.25) is 12.7 Å². The predicted molar refractivity (Wildman–Crippen MR) is 103 cm³/mol. The normalized spacial score (nSPS) is 12.5. The second-order valence-corrected chi connectivity index (χ2v) is 6.06. The molecule has 1 N–H and O–H groups in total. The molecule has 1 heterocycles. The zero-order valence-corrected chi connectivity index (χ0v) is 14.8. The highest BCUT2D eigenvalue weighted by Gasteiger charge is 2.17. The van der Waals surface area contributed by atoms with E-state index >= 15 is 0 Å². The van der Waals surface area contributed by atoms with Gasteiger partial charge in [-0.25, -0.2) is 5.43 Å². The fourth-order valence-corrected chi connectivity index (χ4v) is 3.05. The monoisotopic (exact) mass is 362 g/mol. The molecular formula is C21H18N2O4. The number of nitrogens with one attached hydrogen (secondary N) is 1.